The number of hydrogen-bond acceptors (Lipinski definition) is 2. The number of thioether (sulfide) groups is 1. The average molecular weight is 289 g/mol. The molecule has 0 saturated carbocycles. The third-order valence-electron chi connectivity index (χ3n) is 3.20. The van der Waals surface area contributed by atoms with E-state index in [1.807, 2.05) is 24.3 Å². The van der Waals surface area contributed by atoms with Gasteiger partial charge in [0.1, 0.15) is 5.82 Å². The van der Waals surface area contributed by atoms with E-state index in [0.717, 1.165) is 22.8 Å². The van der Waals surface area contributed by atoms with Gasteiger partial charge in [-0.2, -0.15) is 0 Å². The molecule has 1 unspecified atom stereocenters. The molecule has 0 fully saturated rings. The SMILES string of the molecule is CCNC(C)c1cccc(F)c1SCc1ccccc1. The van der Waals surface area contributed by atoms with Crippen LogP contribution in [-0.2, 0) is 5.75 Å². The minimum Gasteiger partial charge on any atom is -0.310 e. The maximum Gasteiger partial charge on any atom is 0.137 e. The summed E-state index contributed by atoms with van der Waals surface area (Å²) in [5, 5.41) is 3.35. The summed E-state index contributed by atoms with van der Waals surface area (Å²) in [6, 6.07) is 15.6. The van der Waals surface area contributed by atoms with Crippen LogP contribution in [0.2, 0.25) is 0 Å². The molecule has 0 saturated heterocycles. The van der Waals surface area contributed by atoms with Crippen LogP contribution in [0.3, 0.4) is 0 Å². The van der Waals surface area contributed by atoms with Crippen molar-refractivity contribution >= 4 is 11.8 Å². The maximum absolute atomic E-state index is 14.1. The molecule has 0 aliphatic rings. The molecule has 2 rings (SSSR count). The third-order valence-corrected chi connectivity index (χ3v) is 4.40. The molecule has 0 heterocycles. The fraction of sp³-hybridized carbons (Fsp3) is 0.294. The molecule has 0 bridgehead atoms. The Morgan fingerprint density at radius 3 is 2.55 bits per heavy atom. The van der Waals surface area contributed by atoms with Gasteiger partial charge in [0.15, 0.2) is 0 Å². The van der Waals surface area contributed by atoms with Crippen LogP contribution in [0.25, 0.3) is 0 Å². The van der Waals surface area contributed by atoms with Crippen LogP contribution in [0.1, 0.15) is 31.0 Å². The number of benzene rings is 2. The van der Waals surface area contributed by atoms with Crippen molar-refractivity contribution in [3.05, 3.63) is 65.5 Å². The van der Waals surface area contributed by atoms with Gasteiger partial charge >= 0.3 is 0 Å². The van der Waals surface area contributed by atoms with Gasteiger partial charge in [-0.1, -0.05) is 49.4 Å². The summed E-state index contributed by atoms with van der Waals surface area (Å²) < 4.78 is 14.1. The zero-order valence-corrected chi connectivity index (χ0v) is 12.7. The average Bonchev–Trinajstić information content (AvgIpc) is 2.47. The molecule has 1 atom stereocenters. The number of hydrogen-bond donors (Lipinski definition) is 1. The molecular weight excluding hydrogens is 269 g/mol. The van der Waals surface area contributed by atoms with Crippen LogP contribution in [0.15, 0.2) is 53.4 Å². The van der Waals surface area contributed by atoms with Gasteiger partial charge in [-0.15, -0.1) is 11.8 Å². The first kappa shape index (κ1) is 15.1. The first-order valence-corrected chi connectivity index (χ1v) is 7.89. The van der Waals surface area contributed by atoms with Crippen LogP contribution >= 0.6 is 11.8 Å². The third kappa shape index (κ3) is 3.84. The van der Waals surface area contributed by atoms with E-state index in [0.29, 0.717) is 0 Å². The molecule has 0 spiro atoms. The maximum atomic E-state index is 14.1. The Balaban J connectivity index is 2.17. The highest BCUT2D eigenvalue weighted by atomic mass is 32.2. The fourth-order valence-electron chi connectivity index (χ4n) is 2.16. The molecule has 0 radical (unpaired) electrons. The molecule has 3 heteroatoms. The van der Waals surface area contributed by atoms with Gasteiger partial charge in [-0.05, 0) is 30.7 Å². The normalized spacial score (nSPS) is 12.3. The molecule has 0 aliphatic heterocycles. The Bertz CT molecular complexity index is 542. The van der Waals surface area contributed by atoms with Gasteiger partial charge in [-0.25, -0.2) is 4.39 Å². The van der Waals surface area contributed by atoms with E-state index in [1.165, 1.54) is 11.6 Å². The molecule has 20 heavy (non-hydrogen) atoms. The predicted octanol–water partition coefficient (Wildman–Crippen LogP) is 4.79. The molecule has 0 aromatic heterocycles. The summed E-state index contributed by atoms with van der Waals surface area (Å²) in [5.74, 6) is 0.654. The number of halogens is 1. The lowest BCUT2D eigenvalue weighted by Gasteiger charge is -2.17. The molecular formula is C17H20FNS. The van der Waals surface area contributed by atoms with Crippen molar-refractivity contribution in [2.45, 2.75) is 30.5 Å². The minimum atomic E-state index is -0.131. The Kier molecular flexibility index (Phi) is 5.62. The summed E-state index contributed by atoms with van der Waals surface area (Å²) in [7, 11) is 0. The highest BCUT2D eigenvalue weighted by Crippen LogP contribution is 2.32. The van der Waals surface area contributed by atoms with Crippen molar-refractivity contribution in [2.24, 2.45) is 0 Å². The second-order valence-electron chi connectivity index (χ2n) is 4.71. The zero-order valence-electron chi connectivity index (χ0n) is 11.9. The van der Waals surface area contributed by atoms with Crippen molar-refractivity contribution in [3.63, 3.8) is 0 Å². The summed E-state index contributed by atoms with van der Waals surface area (Å²) in [5.41, 5.74) is 2.25. The standard InChI is InChI=1S/C17H20FNS/c1-3-19-13(2)15-10-7-11-16(18)17(15)20-12-14-8-5-4-6-9-14/h4-11,13,19H,3,12H2,1-2H3. The van der Waals surface area contributed by atoms with E-state index in [-0.39, 0.29) is 11.9 Å². The van der Waals surface area contributed by atoms with E-state index in [4.69, 9.17) is 0 Å². The monoisotopic (exact) mass is 289 g/mol. The van der Waals surface area contributed by atoms with Crippen molar-refractivity contribution in [1.29, 1.82) is 0 Å². The molecule has 1 N–H and O–H groups in total. The predicted molar refractivity (Wildman–Crippen MR) is 84.5 cm³/mol. The topological polar surface area (TPSA) is 12.0 Å². The van der Waals surface area contributed by atoms with Crippen LogP contribution in [0, 0.1) is 5.82 Å². The lowest BCUT2D eigenvalue weighted by Crippen LogP contribution is -2.18. The summed E-state index contributed by atoms with van der Waals surface area (Å²) in [4.78, 5) is 0.754. The van der Waals surface area contributed by atoms with Gasteiger partial charge in [0.25, 0.3) is 0 Å². The lowest BCUT2D eigenvalue weighted by molar-refractivity contribution is 0.558. The van der Waals surface area contributed by atoms with E-state index in [9.17, 15) is 4.39 Å². The Labute approximate surface area is 124 Å². The van der Waals surface area contributed by atoms with Gasteiger partial charge in [0.05, 0.1) is 0 Å². The molecule has 106 valence electrons. The summed E-state index contributed by atoms with van der Waals surface area (Å²) in [6.07, 6.45) is 0. The van der Waals surface area contributed by atoms with E-state index >= 15 is 0 Å². The second kappa shape index (κ2) is 7.46. The molecule has 2 aromatic carbocycles. The second-order valence-corrected chi connectivity index (χ2v) is 5.70. The van der Waals surface area contributed by atoms with E-state index in [2.05, 4.69) is 31.3 Å². The van der Waals surface area contributed by atoms with Crippen molar-refractivity contribution < 1.29 is 4.39 Å². The zero-order chi connectivity index (χ0) is 14.4. The van der Waals surface area contributed by atoms with Gasteiger partial charge in [-0.3, -0.25) is 0 Å². The van der Waals surface area contributed by atoms with Crippen LogP contribution < -0.4 is 5.32 Å². The largest absolute Gasteiger partial charge is 0.310 e. The lowest BCUT2D eigenvalue weighted by atomic mass is 10.1. The Morgan fingerprint density at radius 1 is 1.10 bits per heavy atom. The number of rotatable bonds is 6. The van der Waals surface area contributed by atoms with Gasteiger partial charge in [0, 0.05) is 16.7 Å². The Hall–Kier alpha value is -1.32. The van der Waals surface area contributed by atoms with E-state index in [1.54, 1.807) is 17.8 Å². The number of nitrogens with one attached hydrogen (secondary N) is 1. The highest BCUT2D eigenvalue weighted by Gasteiger charge is 2.14. The first-order chi connectivity index (χ1) is 9.72. The summed E-state index contributed by atoms with van der Waals surface area (Å²) >= 11 is 1.57. The fourth-order valence-corrected chi connectivity index (χ4v) is 3.29. The molecule has 0 amide bonds. The Morgan fingerprint density at radius 2 is 1.85 bits per heavy atom. The quantitative estimate of drug-likeness (QED) is 0.767. The van der Waals surface area contributed by atoms with Crippen molar-refractivity contribution in [2.75, 3.05) is 6.54 Å². The molecule has 2 aromatic rings. The minimum absolute atomic E-state index is 0.131. The smallest absolute Gasteiger partial charge is 0.137 e. The van der Waals surface area contributed by atoms with Crippen LogP contribution in [0.5, 0.6) is 0 Å². The molecule has 0 aliphatic carbocycles. The van der Waals surface area contributed by atoms with Crippen molar-refractivity contribution in [1.82, 2.24) is 5.32 Å². The van der Waals surface area contributed by atoms with Crippen LogP contribution in [-0.4, -0.2) is 6.54 Å². The first-order valence-electron chi connectivity index (χ1n) is 6.91. The van der Waals surface area contributed by atoms with Crippen LogP contribution in [0.4, 0.5) is 4.39 Å². The van der Waals surface area contributed by atoms with Crippen molar-refractivity contribution in [3.8, 4) is 0 Å². The molecule has 1 nitrogen and oxygen atoms in total. The van der Waals surface area contributed by atoms with Gasteiger partial charge < -0.3 is 5.32 Å². The summed E-state index contributed by atoms with van der Waals surface area (Å²) in [6.45, 7) is 5.01. The highest BCUT2D eigenvalue weighted by molar-refractivity contribution is 7.98. The van der Waals surface area contributed by atoms with Gasteiger partial charge in [0.2, 0.25) is 0 Å². The van der Waals surface area contributed by atoms with E-state index < -0.39 is 0 Å².